The van der Waals surface area contributed by atoms with Crippen LogP contribution in [-0.2, 0) is 11.2 Å². The van der Waals surface area contributed by atoms with Crippen LogP contribution in [0.2, 0.25) is 0 Å². The zero-order valence-electron chi connectivity index (χ0n) is 15.4. The zero-order valence-corrected chi connectivity index (χ0v) is 18.6. The van der Waals surface area contributed by atoms with Crippen LogP contribution in [0.25, 0.3) is 9.88 Å². The van der Waals surface area contributed by atoms with Gasteiger partial charge in [0.2, 0.25) is 5.91 Å². The number of halogens is 1. The smallest absolute Gasteiger partial charge is 0.228 e. The second-order valence-corrected chi connectivity index (χ2v) is 9.91. The van der Waals surface area contributed by atoms with E-state index < -0.39 is 0 Å². The van der Waals surface area contributed by atoms with Crippen LogP contribution >= 0.6 is 38.6 Å². The number of aromatic nitrogens is 1. The molecule has 0 radical (unpaired) electrons. The maximum atomic E-state index is 12.6. The lowest BCUT2D eigenvalue weighted by Crippen LogP contribution is -2.50. The van der Waals surface area contributed by atoms with Gasteiger partial charge in [0.25, 0.3) is 0 Å². The van der Waals surface area contributed by atoms with Crippen molar-refractivity contribution in [3.8, 4) is 9.88 Å². The Morgan fingerprint density at radius 3 is 2.37 bits per heavy atom. The van der Waals surface area contributed by atoms with E-state index in [-0.39, 0.29) is 5.91 Å². The molecule has 1 amide bonds. The number of hydrogen-bond acceptors (Lipinski definition) is 6. The fourth-order valence-corrected chi connectivity index (χ4v) is 6.03. The highest BCUT2D eigenvalue weighted by atomic mass is 79.9. The summed E-state index contributed by atoms with van der Waals surface area (Å²) >= 11 is 6.78. The molecule has 0 N–H and O–H groups in total. The number of rotatable bonds is 6. The number of hydrogen-bond donors (Lipinski definition) is 0. The molecular weight excluding hydrogens is 444 g/mol. The number of carbonyl (C=O) groups is 1. The minimum absolute atomic E-state index is 0.207. The van der Waals surface area contributed by atoms with Crippen molar-refractivity contribution < 1.29 is 4.79 Å². The molecule has 4 rings (SSSR count). The van der Waals surface area contributed by atoms with E-state index in [9.17, 15) is 4.79 Å². The number of likely N-dealkylation sites (tertiary alicyclic amines) is 1. The Hall–Kier alpha value is -0.800. The molecule has 2 fully saturated rings. The molecule has 2 saturated heterocycles. The Morgan fingerprint density at radius 1 is 1.00 bits per heavy atom. The standard InChI is InChI=1S/C19H25BrN4OS2/c20-15-11-17(26-13-15)19-21-16(14-27-19)12-18(25)24-9-7-23(8-10-24)6-5-22-3-1-2-4-22/h11,13-14H,1-10,12H2. The minimum atomic E-state index is 0.207. The second-order valence-electron chi connectivity index (χ2n) is 7.22. The van der Waals surface area contributed by atoms with Crippen molar-refractivity contribution in [3.05, 3.63) is 27.0 Å². The van der Waals surface area contributed by atoms with Gasteiger partial charge in [0.05, 0.1) is 17.0 Å². The molecule has 146 valence electrons. The van der Waals surface area contributed by atoms with Crippen LogP contribution in [0.15, 0.2) is 21.3 Å². The van der Waals surface area contributed by atoms with Gasteiger partial charge in [-0.15, -0.1) is 22.7 Å². The van der Waals surface area contributed by atoms with E-state index in [1.54, 1.807) is 22.7 Å². The van der Waals surface area contributed by atoms with Gasteiger partial charge >= 0.3 is 0 Å². The number of amides is 1. The van der Waals surface area contributed by atoms with Gasteiger partial charge in [-0.25, -0.2) is 4.98 Å². The Kier molecular flexibility index (Phi) is 6.60. The van der Waals surface area contributed by atoms with Crippen LogP contribution in [0.5, 0.6) is 0 Å². The molecule has 5 nitrogen and oxygen atoms in total. The summed E-state index contributed by atoms with van der Waals surface area (Å²) in [4.78, 5) is 25.5. The van der Waals surface area contributed by atoms with E-state index in [2.05, 4.69) is 42.2 Å². The van der Waals surface area contributed by atoms with Crippen molar-refractivity contribution in [3.63, 3.8) is 0 Å². The van der Waals surface area contributed by atoms with Gasteiger partial charge in [-0.2, -0.15) is 0 Å². The van der Waals surface area contributed by atoms with Crippen molar-refractivity contribution in [1.29, 1.82) is 0 Å². The lowest BCUT2D eigenvalue weighted by Gasteiger charge is -2.35. The first-order chi connectivity index (χ1) is 13.2. The fraction of sp³-hybridized carbons (Fsp3) is 0.579. The van der Waals surface area contributed by atoms with Crippen LogP contribution in [0, 0.1) is 0 Å². The van der Waals surface area contributed by atoms with Gasteiger partial charge in [0.15, 0.2) is 0 Å². The second kappa shape index (κ2) is 9.13. The molecule has 8 heteroatoms. The highest BCUT2D eigenvalue weighted by Crippen LogP contribution is 2.32. The van der Waals surface area contributed by atoms with E-state index >= 15 is 0 Å². The summed E-state index contributed by atoms with van der Waals surface area (Å²) in [6, 6.07) is 2.08. The molecule has 0 spiro atoms. The van der Waals surface area contributed by atoms with Crippen molar-refractivity contribution in [1.82, 2.24) is 19.7 Å². The van der Waals surface area contributed by atoms with Crippen molar-refractivity contribution in [2.45, 2.75) is 19.3 Å². The number of thiophene rings is 1. The quantitative estimate of drug-likeness (QED) is 0.650. The summed E-state index contributed by atoms with van der Waals surface area (Å²) in [6.07, 6.45) is 3.12. The average Bonchev–Trinajstić information content (AvgIpc) is 3.42. The van der Waals surface area contributed by atoms with Crippen molar-refractivity contribution in [2.75, 3.05) is 52.4 Å². The molecule has 0 atom stereocenters. The van der Waals surface area contributed by atoms with E-state index in [1.807, 2.05) is 10.3 Å². The van der Waals surface area contributed by atoms with Crippen LogP contribution in [-0.4, -0.2) is 77.9 Å². The first kappa shape index (κ1) is 19.5. The Morgan fingerprint density at radius 2 is 1.70 bits per heavy atom. The maximum absolute atomic E-state index is 12.6. The number of carbonyl (C=O) groups excluding carboxylic acids is 1. The molecule has 2 aliphatic heterocycles. The normalized spacial score (nSPS) is 19.1. The molecular formula is C19H25BrN4OS2. The predicted octanol–water partition coefficient (Wildman–Crippen LogP) is 3.42. The number of nitrogens with zero attached hydrogens (tertiary/aromatic N) is 4. The Balaban J connectivity index is 1.23. The summed E-state index contributed by atoms with van der Waals surface area (Å²) in [7, 11) is 0. The van der Waals surface area contributed by atoms with Crippen molar-refractivity contribution in [2.24, 2.45) is 0 Å². The van der Waals surface area contributed by atoms with Gasteiger partial charge in [-0.05, 0) is 47.9 Å². The molecule has 4 heterocycles. The molecule has 0 aliphatic carbocycles. The molecule has 2 aliphatic rings. The van der Waals surface area contributed by atoms with Gasteiger partial charge in [-0.3, -0.25) is 9.69 Å². The van der Waals surface area contributed by atoms with Crippen LogP contribution in [0.1, 0.15) is 18.5 Å². The Bertz CT molecular complexity index is 763. The van der Waals surface area contributed by atoms with E-state index in [1.165, 1.54) is 32.5 Å². The third kappa shape index (κ3) is 5.17. The van der Waals surface area contributed by atoms with Crippen molar-refractivity contribution >= 4 is 44.5 Å². The molecule has 0 saturated carbocycles. The number of piperazine rings is 1. The largest absolute Gasteiger partial charge is 0.340 e. The van der Waals surface area contributed by atoms with E-state index in [0.29, 0.717) is 6.42 Å². The average molecular weight is 469 g/mol. The Labute approximate surface area is 177 Å². The summed E-state index contributed by atoms with van der Waals surface area (Å²) < 4.78 is 1.08. The number of thiazole rings is 1. The molecule has 0 unspecified atom stereocenters. The monoisotopic (exact) mass is 468 g/mol. The third-order valence-electron chi connectivity index (χ3n) is 5.32. The SMILES string of the molecule is O=C(Cc1csc(-c2cc(Br)cs2)n1)N1CCN(CCN2CCCC2)CC1. The zero-order chi connectivity index (χ0) is 18.6. The van der Waals surface area contributed by atoms with Gasteiger partial charge in [0.1, 0.15) is 5.01 Å². The first-order valence-corrected chi connectivity index (χ1v) is 12.1. The molecule has 27 heavy (non-hydrogen) atoms. The molecule has 2 aromatic rings. The summed E-state index contributed by atoms with van der Waals surface area (Å²) in [5.41, 5.74) is 0.890. The predicted molar refractivity (Wildman–Crippen MR) is 116 cm³/mol. The molecule has 0 bridgehead atoms. The topological polar surface area (TPSA) is 39.7 Å². The minimum Gasteiger partial charge on any atom is -0.340 e. The summed E-state index contributed by atoms with van der Waals surface area (Å²) in [5.74, 6) is 0.207. The van der Waals surface area contributed by atoms with Crippen LogP contribution < -0.4 is 0 Å². The summed E-state index contributed by atoms with van der Waals surface area (Å²) in [5, 5.41) is 5.08. The lowest BCUT2D eigenvalue weighted by atomic mass is 10.2. The maximum Gasteiger partial charge on any atom is 0.228 e. The summed E-state index contributed by atoms with van der Waals surface area (Å²) in [6.45, 7) is 8.49. The third-order valence-corrected chi connectivity index (χ3v) is 8.07. The van der Waals surface area contributed by atoms with Gasteiger partial charge in [0, 0.05) is 54.5 Å². The van der Waals surface area contributed by atoms with Crippen LogP contribution in [0.3, 0.4) is 0 Å². The molecule has 0 aromatic carbocycles. The lowest BCUT2D eigenvalue weighted by molar-refractivity contribution is -0.132. The highest BCUT2D eigenvalue weighted by molar-refractivity contribution is 9.10. The highest BCUT2D eigenvalue weighted by Gasteiger charge is 2.22. The van der Waals surface area contributed by atoms with E-state index in [4.69, 9.17) is 0 Å². The fourth-order valence-electron chi connectivity index (χ4n) is 3.70. The van der Waals surface area contributed by atoms with Gasteiger partial charge < -0.3 is 9.80 Å². The first-order valence-electron chi connectivity index (χ1n) is 9.59. The van der Waals surface area contributed by atoms with Crippen LogP contribution in [0.4, 0.5) is 0 Å². The molecule has 2 aromatic heterocycles. The van der Waals surface area contributed by atoms with Gasteiger partial charge in [-0.1, -0.05) is 0 Å². The van der Waals surface area contributed by atoms with E-state index in [0.717, 1.165) is 52.8 Å².